The molecule has 5 aromatic rings. The molecule has 0 radical (unpaired) electrons. The number of hydrogen-bond acceptors (Lipinski definition) is 6. The van der Waals surface area contributed by atoms with E-state index in [1.54, 1.807) is 16.8 Å². The summed E-state index contributed by atoms with van der Waals surface area (Å²) in [5.41, 5.74) is 4.94. The van der Waals surface area contributed by atoms with Crippen LogP contribution in [0.4, 0.5) is 4.39 Å². The Kier molecular flexibility index (Phi) is 7.55. The smallest absolute Gasteiger partial charge is 0.274 e. The molecule has 0 atom stereocenters. The lowest BCUT2D eigenvalue weighted by Gasteiger charge is -2.19. The van der Waals surface area contributed by atoms with Crippen molar-refractivity contribution in [1.82, 2.24) is 30.3 Å². The first kappa shape index (κ1) is 25.3. The SMILES string of the molecule is Cc1cc(C)nc(SCc2c(C(=O)NC(c3ccccc3)c3ccccc3)nnn2-c2ccc(F)cc2)n1. The predicted molar refractivity (Wildman–Crippen MR) is 145 cm³/mol. The maximum Gasteiger partial charge on any atom is 0.274 e. The highest BCUT2D eigenvalue weighted by atomic mass is 32.2. The van der Waals surface area contributed by atoms with E-state index < -0.39 is 0 Å². The number of rotatable bonds is 8. The van der Waals surface area contributed by atoms with Gasteiger partial charge in [0.1, 0.15) is 5.82 Å². The molecule has 0 saturated heterocycles. The molecule has 0 aliphatic heterocycles. The summed E-state index contributed by atoms with van der Waals surface area (Å²) in [7, 11) is 0. The molecule has 0 fully saturated rings. The van der Waals surface area contributed by atoms with Crippen molar-refractivity contribution in [3.05, 3.63) is 131 Å². The fourth-order valence-corrected chi connectivity index (χ4v) is 5.08. The van der Waals surface area contributed by atoms with E-state index in [9.17, 15) is 9.18 Å². The minimum absolute atomic E-state index is 0.183. The lowest BCUT2D eigenvalue weighted by Crippen LogP contribution is -2.30. The first-order chi connectivity index (χ1) is 18.5. The molecule has 3 aromatic carbocycles. The van der Waals surface area contributed by atoms with Crippen LogP contribution in [-0.4, -0.2) is 30.9 Å². The number of aromatic nitrogens is 5. The Labute approximate surface area is 224 Å². The summed E-state index contributed by atoms with van der Waals surface area (Å²) in [6.07, 6.45) is 0. The summed E-state index contributed by atoms with van der Waals surface area (Å²) in [5, 5.41) is 12.3. The number of aryl methyl sites for hydroxylation is 2. The summed E-state index contributed by atoms with van der Waals surface area (Å²) >= 11 is 1.38. The van der Waals surface area contributed by atoms with Crippen LogP contribution in [0, 0.1) is 19.7 Å². The Morgan fingerprint density at radius 3 is 2.05 bits per heavy atom. The lowest BCUT2D eigenvalue weighted by atomic mass is 9.98. The van der Waals surface area contributed by atoms with Crippen LogP contribution < -0.4 is 5.32 Å². The average Bonchev–Trinajstić information content (AvgIpc) is 3.35. The van der Waals surface area contributed by atoms with Gasteiger partial charge in [-0.05, 0) is 55.3 Å². The zero-order valence-electron chi connectivity index (χ0n) is 20.9. The first-order valence-corrected chi connectivity index (χ1v) is 13.0. The number of thioether (sulfide) groups is 1. The second-order valence-electron chi connectivity index (χ2n) is 8.72. The maximum atomic E-state index is 13.7. The molecule has 2 aromatic heterocycles. The highest BCUT2D eigenvalue weighted by Gasteiger charge is 2.25. The Bertz CT molecular complexity index is 1480. The van der Waals surface area contributed by atoms with E-state index in [0.717, 1.165) is 22.5 Å². The minimum atomic E-state index is -0.385. The van der Waals surface area contributed by atoms with Crippen molar-refractivity contribution in [2.24, 2.45) is 0 Å². The molecular formula is C29H25FN6OS. The molecule has 2 heterocycles. The highest BCUT2D eigenvalue weighted by Crippen LogP contribution is 2.26. The number of carbonyl (C=O) groups excluding carboxylic acids is 1. The summed E-state index contributed by atoms with van der Waals surface area (Å²) < 4.78 is 15.2. The van der Waals surface area contributed by atoms with Gasteiger partial charge in [-0.2, -0.15) is 0 Å². The van der Waals surface area contributed by atoms with Gasteiger partial charge in [-0.3, -0.25) is 4.79 Å². The Balaban J connectivity index is 1.50. The molecule has 1 N–H and O–H groups in total. The van der Waals surface area contributed by atoms with E-state index in [0.29, 0.717) is 22.3 Å². The van der Waals surface area contributed by atoms with Crippen LogP contribution >= 0.6 is 11.8 Å². The number of nitrogens with zero attached hydrogens (tertiary/aromatic N) is 5. The van der Waals surface area contributed by atoms with Gasteiger partial charge in [0.2, 0.25) is 0 Å². The predicted octanol–water partition coefficient (Wildman–Crippen LogP) is 5.62. The summed E-state index contributed by atoms with van der Waals surface area (Å²) in [6, 6.07) is 26.9. The number of carbonyl (C=O) groups is 1. The van der Waals surface area contributed by atoms with E-state index >= 15 is 0 Å². The molecule has 190 valence electrons. The molecular weight excluding hydrogens is 499 g/mol. The monoisotopic (exact) mass is 524 g/mol. The number of amides is 1. The number of nitrogens with one attached hydrogen (secondary N) is 1. The molecule has 0 saturated carbocycles. The van der Waals surface area contributed by atoms with E-state index in [1.807, 2.05) is 80.6 Å². The quantitative estimate of drug-likeness (QED) is 0.209. The molecule has 7 nitrogen and oxygen atoms in total. The van der Waals surface area contributed by atoms with Crippen LogP contribution in [0.1, 0.15) is 44.7 Å². The van der Waals surface area contributed by atoms with Gasteiger partial charge in [-0.25, -0.2) is 19.0 Å². The Hall–Kier alpha value is -4.37. The van der Waals surface area contributed by atoms with Gasteiger partial charge in [0.05, 0.1) is 17.4 Å². The number of hydrogen-bond donors (Lipinski definition) is 1. The van der Waals surface area contributed by atoms with Crippen LogP contribution in [-0.2, 0) is 5.75 Å². The van der Waals surface area contributed by atoms with Crippen molar-refractivity contribution < 1.29 is 9.18 Å². The Morgan fingerprint density at radius 2 is 1.47 bits per heavy atom. The van der Waals surface area contributed by atoms with Gasteiger partial charge in [0, 0.05) is 17.1 Å². The molecule has 0 spiro atoms. The molecule has 0 unspecified atom stereocenters. The van der Waals surface area contributed by atoms with Gasteiger partial charge in [0.15, 0.2) is 10.9 Å². The molecule has 5 rings (SSSR count). The van der Waals surface area contributed by atoms with Crippen LogP contribution in [0.15, 0.2) is 96.2 Å². The fraction of sp³-hybridized carbons (Fsp3) is 0.138. The molecule has 1 amide bonds. The van der Waals surface area contributed by atoms with Gasteiger partial charge >= 0.3 is 0 Å². The normalized spacial score (nSPS) is 11.1. The largest absolute Gasteiger partial charge is 0.340 e. The average molecular weight is 525 g/mol. The van der Waals surface area contributed by atoms with Gasteiger partial charge in [-0.1, -0.05) is 77.6 Å². The third-order valence-corrected chi connectivity index (χ3v) is 6.75. The zero-order valence-corrected chi connectivity index (χ0v) is 21.7. The minimum Gasteiger partial charge on any atom is -0.340 e. The summed E-state index contributed by atoms with van der Waals surface area (Å²) in [6.45, 7) is 3.82. The fourth-order valence-electron chi connectivity index (χ4n) is 4.14. The van der Waals surface area contributed by atoms with Crippen molar-refractivity contribution >= 4 is 17.7 Å². The molecule has 38 heavy (non-hydrogen) atoms. The van der Waals surface area contributed by atoms with Crippen LogP contribution in [0.2, 0.25) is 0 Å². The summed E-state index contributed by atoms with van der Waals surface area (Å²) in [4.78, 5) is 22.7. The van der Waals surface area contributed by atoms with Gasteiger partial charge < -0.3 is 5.32 Å². The topological polar surface area (TPSA) is 85.6 Å². The third kappa shape index (κ3) is 5.78. The molecule has 9 heteroatoms. The Morgan fingerprint density at radius 1 is 0.895 bits per heavy atom. The number of benzene rings is 3. The molecule has 0 aliphatic rings. The molecule has 0 aliphatic carbocycles. The second kappa shape index (κ2) is 11.4. The lowest BCUT2D eigenvalue weighted by molar-refractivity contribution is 0.0937. The van der Waals surface area contributed by atoms with Crippen LogP contribution in [0.25, 0.3) is 5.69 Å². The van der Waals surface area contributed by atoms with Gasteiger partial charge in [0.25, 0.3) is 5.91 Å². The van der Waals surface area contributed by atoms with Crippen molar-refractivity contribution in [1.29, 1.82) is 0 Å². The van der Waals surface area contributed by atoms with Crippen molar-refractivity contribution in [3.8, 4) is 5.69 Å². The maximum absolute atomic E-state index is 13.7. The standard InChI is InChI=1S/C29H25FN6OS/c1-19-17-20(2)32-29(31-19)38-18-25-27(34-35-36(25)24-15-13-23(30)14-16-24)28(37)33-26(21-9-5-3-6-10-21)22-11-7-4-8-12-22/h3-17,26H,18H2,1-2H3,(H,33,37). The third-order valence-electron chi connectivity index (χ3n) is 5.89. The van der Waals surface area contributed by atoms with Crippen LogP contribution in [0.3, 0.4) is 0 Å². The van der Waals surface area contributed by atoms with E-state index in [1.165, 1.54) is 23.9 Å². The molecule has 0 bridgehead atoms. The van der Waals surface area contributed by atoms with E-state index in [4.69, 9.17) is 0 Å². The number of halogens is 1. The van der Waals surface area contributed by atoms with Gasteiger partial charge in [-0.15, -0.1) is 5.10 Å². The van der Waals surface area contributed by atoms with Crippen molar-refractivity contribution in [3.63, 3.8) is 0 Å². The van der Waals surface area contributed by atoms with E-state index in [2.05, 4.69) is 25.6 Å². The van der Waals surface area contributed by atoms with Crippen molar-refractivity contribution in [2.75, 3.05) is 0 Å². The highest BCUT2D eigenvalue weighted by molar-refractivity contribution is 7.98. The first-order valence-electron chi connectivity index (χ1n) is 12.0. The summed E-state index contributed by atoms with van der Waals surface area (Å²) in [5.74, 6) is -0.398. The van der Waals surface area contributed by atoms with Crippen molar-refractivity contribution in [2.45, 2.75) is 30.8 Å². The second-order valence-corrected chi connectivity index (χ2v) is 9.67. The van der Waals surface area contributed by atoms with Crippen LogP contribution in [0.5, 0.6) is 0 Å². The van der Waals surface area contributed by atoms with E-state index in [-0.39, 0.29) is 23.5 Å². The zero-order chi connectivity index (χ0) is 26.5.